The van der Waals surface area contributed by atoms with Gasteiger partial charge in [-0.05, 0) is 30.0 Å². The van der Waals surface area contributed by atoms with Gasteiger partial charge in [0.2, 0.25) is 0 Å². The first-order chi connectivity index (χ1) is 11.8. The molecule has 0 bridgehead atoms. The number of aromatic nitrogens is 4. The fourth-order valence-electron chi connectivity index (χ4n) is 2.61. The van der Waals surface area contributed by atoms with Gasteiger partial charge in [-0.2, -0.15) is 0 Å². The summed E-state index contributed by atoms with van der Waals surface area (Å²) in [4.78, 5) is 14.3. The van der Waals surface area contributed by atoms with Gasteiger partial charge in [0.25, 0.3) is 0 Å². The van der Waals surface area contributed by atoms with Crippen molar-refractivity contribution in [3.63, 3.8) is 0 Å². The van der Waals surface area contributed by atoms with Gasteiger partial charge in [-0.1, -0.05) is 18.2 Å². The number of rotatable bonds is 5. The third-order valence-corrected chi connectivity index (χ3v) is 4.72. The van der Waals surface area contributed by atoms with E-state index in [0.29, 0.717) is 17.3 Å². The Kier molecular flexibility index (Phi) is 3.84. The topological polar surface area (TPSA) is 81.6 Å². The third kappa shape index (κ3) is 2.69. The van der Waals surface area contributed by atoms with Gasteiger partial charge >= 0.3 is 0 Å². The molecule has 0 fully saturated rings. The Morgan fingerprint density at radius 3 is 2.88 bits per heavy atom. The Morgan fingerprint density at radius 2 is 2.00 bits per heavy atom. The molecule has 24 heavy (non-hydrogen) atoms. The van der Waals surface area contributed by atoms with Crippen LogP contribution in [0, 0.1) is 0 Å². The molecule has 0 amide bonds. The highest BCUT2D eigenvalue weighted by atomic mass is 32.1. The van der Waals surface area contributed by atoms with Crippen molar-refractivity contribution in [1.82, 2.24) is 19.5 Å². The van der Waals surface area contributed by atoms with Crippen molar-refractivity contribution in [3.8, 4) is 5.82 Å². The van der Waals surface area contributed by atoms with Crippen molar-refractivity contribution < 1.29 is 0 Å². The zero-order chi connectivity index (χ0) is 16.4. The molecule has 6 nitrogen and oxygen atoms in total. The van der Waals surface area contributed by atoms with Crippen molar-refractivity contribution in [2.45, 2.75) is 6.42 Å². The highest BCUT2D eigenvalue weighted by Gasteiger charge is 2.12. The molecule has 0 aliphatic carbocycles. The number of nitrogens with two attached hydrogens (primary N) is 1. The average molecular weight is 336 g/mol. The fourth-order valence-corrected chi connectivity index (χ4v) is 3.31. The van der Waals surface area contributed by atoms with E-state index >= 15 is 0 Å². The van der Waals surface area contributed by atoms with Gasteiger partial charge in [0, 0.05) is 11.4 Å². The second kappa shape index (κ2) is 6.29. The molecule has 7 heteroatoms. The van der Waals surface area contributed by atoms with Crippen LogP contribution in [0.5, 0.6) is 0 Å². The van der Waals surface area contributed by atoms with Crippen LogP contribution in [0.3, 0.4) is 0 Å². The summed E-state index contributed by atoms with van der Waals surface area (Å²) >= 11 is 1.75. The zero-order valence-electron chi connectivity index (χ0n) is 12.9. The van der Waals surface area contributed by atoms with E-state index in [4.69, 9.17) is 5.73 Å². The zero-order valence-corrected chi connectivity index (χ0v) is 13.7. The Balaban J connectivity index is 1.61. The van der Waals surface area contributed by atoms with Crippen LogP contribution < -0.4 is 11.1 Å². The Labute approximate surface area is 143 Å². The summed E-state index contributed by atoms with van der Waals surface area (Å²) < 4.78 is 1.89. The van der Waals surface area contributed by atoms with Crippen molar-refractivity contribution in [1.29, 1.82) is 0 Å². The lowest BCUT2D eigenvalue weighted by Crippen LogP contribution is -2.11. The summed E-state index contributed by atoms with van der Waals surface area (Å²) in [7, 11) is 0. The van der Waals surface area contributed by atoms with E-state index in [1.165, 1.54) is 11.2 Å². The van der Waals surface area contributed by atoms with Gasteiger partial charge in [-0.3, -0.25) is 4.57 Å². The predicted octanol–water partition coefficient (Wildman–Crippen LogP) is 3.11. The van der Waals surface area contributed by atoms with E-state index < -0.39 is 0 Å². The number of nitrogen functional groups attached to an aromatic ring is 1. The SMILES string of the molecule is Nc1c(NCCc2cccs2)ncnc1-n1cnc2ccccc21. The maximum absolute atomic E-state index is 6.29. The van der Waals surface area contributed by atoms with E-state index in [0.717, 1.165) is 24.0 Å². The Hall–Kier alpha value is -2.93. The minimum atomic E-state index is 0.520. The van der Waals surface area contributed by atoms with Crippen LogP contribution in [-0.4, -0.2) is 26.1 Å². The van der Waals surface area contributed by atoms with Gasteiger partial charge in [0.1, 0.15) is 18.3 Å². The molecule has 0 aliphatic heterocycles. The molecular weight excluding hydrogens is 320 g/mol. The number of benzene rings is 1. The number of fused-ring (bicyclic) bond motifs is 1. The van der Waals surface area contributed by atoms with Crippen LogP contribution in [0.15, 0.2) is 54.4 Å². The molecule has 3 N–H and O–H groups in total. The maximum atomic E-state index is 6.29. The number of hydrogen-bond donors (Lipinski definition) is 2. The Bertz CT molecular complexity index is 960. The summed E-state index contributed by atoms with van der Waals surface area (Å²) in [6.07, 6.45) is 4.19. The summed E-state index contributed by atoms with van der Waals surface area (Å²) in [5, 5.41) is 5.38. The van der Waals surface area contributed by atoms with Crippen molar-refractivity contribution in [2.75, 3.05) is 17.6 Å². The van der Waals surface area contributed by atoms with Gasteiger partial charge in [0.05, 0.1) is 11.0 Å². The minimum absolute atomic E-state index is 0.520. The maximum Gasteiger partial charge on any atom is 0.167 e. The highest BCUT2D eigenvalue weighted by Crippen LogP contribution is 2.25. The number of imidazole rings is 1. The largest absolute Gasteiger partial charge is 0.393 e. The second-order valence-corrected chi connectivity index (χ2v) is 6.35. The fraction of sp³-hybridized carbons (Fsp3) is 0.118. The quantitative estimate of drug-likeness (QED) is 0.585. The molecular formula is C17H16N6S. The van der Waals surface area contributed by atoms with Crippen LogP contribution >= 0.6 is 11.3 Å². The molecule has 3 aromatic heterocycles. The smallest absolute Gasteiger partial charge is 0.167 e. The van der Waals surface area contributed by atoms with Crippen LogP contribution in [0.25, 0.3) is 16.9 Å². The van der Waals surface area contributed by atoms with Crippen molar-refractivity contribution >= 4 is 33.9 Å². The van der Waals surface area contributed by atoms with Gasteiger partial charge in [-0.15, -0.1) is 11.3 Å². The van der Waals surface area contributed by atoms with Crippen molar-refractivity contribution in [2.24, 2.45) is 0 Å². The van der Waals surface area contributed by atoms with Crippen LogP contribution in [-0.2, 0) is 6.42 Å². The lowest BCUT2D eigenvalue weighted by molar-refractivity contribution is 0.980. The second-order valence-electron chi connectivity index (χ2n) is 5.32. The molecule has 1 aromatic carbocycles. The van der Waals surface area contributed by atoms with Gasteiger partial charge in [-0.25, -0.2) is 15.0 Å². The summed E-state index contributed by atoms with van der Waals surface area (Å²) in [6.45, 7) is 0.770. The number of para-hydroxylation sites is 2. The molecule has 0 unspecified atom stereocenters. The summed E-state index contributed by atoms with van der Waals surface area (Å²) in [5.74, 6) is 1.28. The van der Waals surface area contributed by atoms with E-state index in [1.54, 1.807) is 17.7 Å². The van der Waals surface area contributed by atoms with Crippen LogP contribution in [0.2, 0.25) is 0 Å². The molecule has 0 aliphatic rings. The number of hydrogen-bond acceptors (Lipinski definition) is 6. The lowest BCUT2D eigenvalue weighted by atomic mass is 10.3. The molecule has 0 radical (unpaired) electrons. The normalized spacial score (nSPS) is 11.0. The summed E-state index contributed by atoms with van der Waals surface area (Å²) in [5.41, 5.74) is 8.68. The number of nitrogens with one attached hydrogen (secondary N) is 1. The Morgan fingerprint density at radius 1 is 1.08 bits per heavy atom. The molecule has 0 saturated carbocycles. The molecule has 0 saturated heterocycles. The molecule has 0 spiro atoms. The van der Waals surface area contributed by atoms with Crippen LogP contribution in [0.1, 0.15) is 4.88 Å². The summed E-state index contributed by atoms with van der Waals surface area (Å²) in [6, 6.07) is 12.1. The molecule has 3 heterocycles. The number of anilines is 2. The highest BCUT2D eigenvalue weighted by molar-refractivity contribution is 7.09. The first kappa shape index (κ1) is 14.6. The standard InChI is InChI=1S/C17H16N6S/c18-15-16(19-8-7-12-4-3-9-24-12)20-10-21-17(15)23-11-22-13-5-1-2-6-14(13)23/h1-6,9-11H,7-8,18H2,(H,19,20,21). The lowest BCUT2D eigenvalue weighted by Gasteiger charge is -2.11. The molecule has 4 aromatic rings. The first-order valence-corrected chi connectivity index (χ1v) is 8.50. The number of nitrogens with zero attached hydrogens (tertiary/aromatic N) is 4. The van der Waals surface area contributed by atoms with E-state index in [2.05, 4.69) is 37.8 Å². The molecule has 0 atom stereocenters. The van der Waals surface area contributed by atoms with Gasteiger partial charge in [0.15, 0.2) is 11.6 Å². The third-order valence-electron chi connectivity index (χ3n) is 3.79. The van der Waals surface area contributed by atoms with E-state index in [-0.39, 0.29) is 0 Å². The monoisotopic (exact) mass is 336 g/mol. The minimum Gasteiger partial charge on any atom is -0.393 e. The number of thiophene rings is 1. The average Bonchev–Trinajstić information content (AvgIpc) is 3.26. The molecule has 120 valence electrons. The first-order valence-electron chi connectivity index (χ1n) is 7.62. The predicted molar refractivity (Wildman–Crippen MR) is 97.6 cm³/mol. The van der Waals surface area contributed by atoms with Crippen LogP contribution in [0.4, 0.5) is 11.5 Å². The van der Waals surface area contributed by atoms with Crippen molar-refractivity contribution in [3.05, 3.63) is 59.3 Å². The van der Waals surface area contributed by atoms with E-state index in [1.807, 2.05) is 28.8 Å². The molecule has 4 rings (SSSR count). The van der Waals surface area contributed by atoms with E-state index in [9.17, 15) is 0 Å². The van der Waals surface area contributed by atoms with Gasteiger partial charge < -0.3 is 11.1 Å².